The summed E-state index contributed by atoms with van der Waals surface area (Å²) in [4.78, 5) is 17.9. The summed E-state index contributed by atoms with van der Waals surface area (Å²) in [5, 5.41) is 0. The molecule has 0 aliphatic carbocycles. The van der Waals surface area contributed by atoms with Crippen molar-refractivity contribution < 1.29 is 4.79 Å². The van der Waals surface area contributed by atoms with Crippen molar-refractivity contribution in [2.75, 3.05) is 11.4 Å². The maximum absolute atomic E-state index is 11.6. The van der Waals surface area contributed by atoms with E-state index >= 15 is 0 Å². The molecule has 0 saturated carbocycles. The lowest BCUT2D eigenvalue weighted by Gasteiger charge is -2.15. The molecule has 1 amide bonds. The molecular weight excluding hydrogens is 371 g/mol. The molecule has 15 heavy (non-hydrogen) atoms. The van der Waals surface area contributed by atoms with Crippen LogP contribution in [0.25, 0.3) is 0 Å². The van der Waals surface area contributed by atoms with Crippen molar-refractivity contribution in [2.45, 2.75) is 18.2 Å². The first-order valence-corrected chi connectivity index (χ1v) is 6.64. The lowest BCUT2D eigenvalue weighted by molar-refractivity contribution is -0.117. The fourth-order valence-electron chi connectivity index (χ4n) is 1.56. The van der Waals surface area contributed by atoms with E-state index in [0.29, 0.717) is 13.0 Å². The minimum Gasteiger partial charge on any atom is -0.296 e. The molecule has 0 radical (unpaired) electrons. The lowest BCUT2D eigenvalue weighted by Crippen LogP contribution is -2.25. The first-order valence-electron chi connectivity index (χ1n) is 4.64. The molecule has 0 N–H and O–H groups in total. The molecule has 1 unspecified atom stereocenters. The number of nitrogens with zero attached hydrogens (tertiary/aromatic N) is 2. The lowest BCUT2D eigenvalue weighted by atomic mass is 10.3. The van der Waals surface area contributed by atoms with Crippen LogP contribution in [0.15, 0.2) is 12.3 Å². The number of aromatic nitrogens is 1. The second-order valence-corrected chi connectivity index (χ2v) is 6.05. The topological polar surface area (TPSA) is 33.2 Å². The molecule has 5 heteroatoms. The minimum absolute atomic E-state index is 0.144. The van der Waals surface area contributed by atoms with Crippen LogP contribution in [0, 0.1) is 10.5 Å². The molecule has 3 nitrogen and oxygen atoms in total. The minimum atomic E-state index is 0.144. The Bertz CT molecular complexity index is 410. The quantitative estimate of drug-likeness (QED) is 0.554. The van der Waals surface area contributed by atoms with E-state index in [1.54, 1.807) is 11.1 Å². The second kappa shape index (κ2) is 4.37. The smallest absolute Gasteiger partial charge is 0.229 e. The molecule has 1 aliphatic rings. The highest BCUT2D eigenvalue weighted by Gasteiger charge is 2.29. The van der Waals surface area contributed by atoms with Crippen molar-refractivity contribution in [1.29, 1.82) is 0 Å². The number of hydrogen-bond donors (Lipinski definition) is 0. The summed E-state index contributed by atoms with van der Waals surface area (Å²) in [6.45, 7) is 2.74. The molecule has 80 valence electrons. The number of halogens is 2. The third-order valence-electron chi connectivity index (χ3n) is 2.39. The van der Waals surface area contributed by atoms with Gasteiger partial charge in [0.25, 0.3) is 0 Å². The van der Waals surface area contributed by atoms with Crippen molar-refractivity contribution in [3.8, 4) is 0 Å². The van der Waals surface area contributed by atoms with E-state index < -0.39 is 0 Å². The van der Waals surface area contributed by atoms with E-state index in [1.807, 2.05) is 13.0 Å². The summed E-state index contributed by atoms with van der Waals surface area (Å²) in [5.41, 5.74) is 1.16. The van der Waals surface area contributed by atoms with Gasteiger partial charge in [-0.2, -0.15) is 0 Å². The molecule has 0 bridgehead atoms. The zero-order chi connectivity index (χ0) is 11.0. The molecule has 0 aromatic carbocycles. The Kier molecular flexibility index (Phi) is 3.30. The number of aryl methyl sites for hydroxylation is 1. The Morgan fingerprint density at radius 1 is 1.67 bits per heavy atom. The molecular formula is C10H10BrIN2O. The Hall–Kier alpha value is -0.170. The molecule has 1 aromatic heterocycles. The SMILES string of the molecule is Cc1cc(N2CC(Br)CC2=O)ncc1I. The van der Waals surface area contributed by atoms with E-state index in [1.165, 1.54) is 0 Å². The third kappa shape index (κ3) is 2.33. The molecule has 0 spiro atoms. The van der Waals surface area contributed by atoms with Crippen LogP contribution >= 0.6 is 38.5 Å². The Labute approximate surface area is 111 Å². The summed E-state index contributed by atoms with van der Waals surface area (Å²) < 4.78 is 1.12. The number of rotatable bonds is 1. The number of pyridine rings is 1. The predicted octanol–water partition coefficient (Wildman–Crippen LogP) is 2.49. The van der Waals surface area contributed by atoms with Crippen molar-refractivity contribution in [1.82, 2.24) is 4.98 Å². The Balaban J connectivity index is 2.30. The first-order chi connectivity index (χ1) is 7.08. The number of anilines is 1. The van der Waals surface area contributed by atoms with Gasteiger partial charge < -0.3 is 0 Å². The van der Waals surface area contributed by atoms with Gasteiger partial charge in [0.1, 0.15) is 5.82 Å². The number of carbonyl (C=O) groups excluding carboxylic acids is 1. The molecule has 1 aromatic rings. The van der Waals surface area contributed by atoms with E-state index in [0.717, 1.165) is 15.0 Å². The van der Waals surface area contributed by atoms with Crippen LogP contribution in [0.5, 0.6) is 0 Å². The van der Waals surface area contributed by atoms with Crippen LogP contribution in [0.2, 0.25) is 0 Å². The fraction of sp³-hybridized carbons (Fsp3) is 0.400. The highest BCUT2D eigenvalue weighted by molar-refractivity contribution is 14.1. The normalized spacial score (nSPS) is 21.1. The molecule has 1 saturated heterocycles. The second-order valence-electron chi connectivity index (χ2n) is 3.60. The van der Waals surface area contributed by atoms with Crippen LogP contribution in [0.4, 0.5) is 5.82 Å². The Morgan fingerprint density at radius 3 is 2.93 bits per heavy atom. The Morgan fingerprint density at radius 2 is 2.40 bits per heavy atom. The van der Waals surface area contributed by atoms with Crippen LogP contribution in [0.3, 0.4) is 0 Å². The average molecular weight is 381 g/mol. The van der Waals surface area contributed by atoms with Crippen molar-refractivity contribution >= 4 is 50.2 Å². The van der Waals surface area contributed by atoms with Gasteiger partial charge in [-0.1, -0.05) is 15.9 Å². The molecule has 2 heterocycles. The van der Waals surface area contributed by atoms with Crippen molar-refractivity contribution in [2.24, 2.45) is 0 Å². The third-order valence-corrected chi connectivity index (χ3v) is 4.13. The van der Waals surface area contributed by atoms with Crippen molar-refractivity contribution in [3.63, 3.8) is 0 Å². The van der Waals surface area contributed by atoms with E-state index in [4.69, 9.17) is 0 Å². The molecule has 1 aliphatic heterocycles. The van der Waals surface area contributed by atoms with Crippen LogP contribution in [0.1, 0.15) is 12.0 Å². The highest BCUT2D eigenvalue weighted by Crippen LogP contribution is 2.25. The van der Waals surface area contributed by atoms with E-state index in [9.17, 15) is 4.79 Å². The van der Waals surface area contributed by atoms with Gasteiger partial charge in [-0.25, -0.2) is 4.98 Å². The molecule has 1 fully saturated rings. The average Bonchev–Trinajstić information content (AvgIpc) is 2.50. The van der Waals surface area contributed by atoms with Gasteiger partial charge in [-0.15, -0.1) is 0 Å². The van der Waals surface area contributed by atoms with Gasteiger partial charge in [0.15, 0.2) is 0 Å². The first kappa shape index (κ1) is 11.3. The van der Waals surface area contributed by atoms with Gasteiger partial charge in [0.05, 0.1) is 0 Å². The summed E-state index contributed by atoms with van der Waals surface area (Å²) in [6.07, 6.45) is 2.37. The number of alkyl halides is 1. The zero-order valence-corrected chi connectivity index (χ0v) is 11.9. The molecule has 2 rings (SSSR count). The summed E-state index contributed by atoms with van der Waals surface area (Å²) in [7, 11) is 0. The number of amides is 1. The van der Waals surface area contributed by atoms with E-state index in [2.05, 4.69) is 43.5 Å². The number of hydrogen-bond acceptors (Lipinski definition) is 2. The van der Waals surface area contributed by atoms with E-state index in [-0.39, 0.29) is 10.7 Å². The number of carbonyl (C=O) groups is 1. The van der Waals surface area contributed by atoms with Gasteiger partial charge in [-0.3, -0.25) is 9.69 Å². The molecule has 1 atom stereocenters. The zero-order valence-electron chi connectivity index (χ0n) is 8.20. The van der Waals surface area contributed by atoms with Crippen LogP contribution in [-0.2, 0) is 4.79 Å². The van der Waals surface area contributed by atoms with Crippen molar-refractivity contribution in [3.05, 3.63) is 21.4 Å². The summed E-state index contributed by atoms with van der Waals surface area (Å²) >= 11 is 5.70. The van der Waals surface area contributed by atoms with Gasteiger partial charge in [-0.05, 0) is 41.1 Å². The van der Waals surface area contributed by atoms with Gasteiger partial charge >= 0.3 is 0 Å². The maximum atomic E-state index is 11.6. The largest absolute Gasteiger partial charge is 0.296 e. The summed E-state index contributed by atoms with van der Waals surface area (Å²) in [5.74, 6) is 0.907. The van der Waals surface area contributed by atoms with Crippen LogP contribution < -0.4 is 4.90 Å². The highest BCUT2D eigenvalue weighted by atomic mass is 127. The van der Waals surface area contributed by atoms with Gasteiger partial charge in [0, 0.05) is 27.6 Å². The summed E-state index contributed by atoms with van der Waals surface area (Å²) in [6, 6.07) is 1.96. The predicted molar refractivity (Wildman–Crippen MR) is 71.4 cm³/mol. The standard InChI is InChI=1S/C10H10BrIN2O/c1-6-2-9(13-4-8(6)12)14-5-7(11)3-10(14)15/h2,4,7H,3,5H2,1H3. The van der Waals surface area contributed by atoms with Gasteiger partial charge in [0.2, 0.25) is 5.91 Å². The van der Waals surface area contributed by atoms with Crippen LogP contribution in [-0.4, -0.2) is 22.3 Å². The maximum Gasteiger partial charge on any atom is 0.229 e. The monoisotopic (exact) mass is 380 g/mol. The fourth-order valence-corrected chi connectivity index (χ4v) is 2.42.